The lowest BCUT2D eigenvalue weighted by molar-refractivity contribution is 0.346. The van der Waals surface area contributed by atoms with Crippen LogP contribution in [0.5, 0.6) is 0 Å². The molecule has 0 unspecified atom stereocenters. The number of nitrogens with one attached hydrogen (secondary N) is 1. The maximum atomic E-state index is 12.7. The summed E-state index contributed by atoms with van der Waals surface area (Å²) in [6, 6.07) is 8.86. The second-order valence-electron chi connectivity index (χ2n) is 6.60. The first-order valence-corrected chi connectivity index (χ1v) is 10.2. The van der Waals surface area contributed by atoms with Gasteiger partial charge in [0.1, 0.15) is 5.82 Å². The Morgan fingerprint density at radius 3 is 2.42 bits per heavy atom. The Morgan fingerprint density at radius 1 is 1.08 bits per heavy atom. The molecule has 0 radical (unpaired) electrons. The first-order valence-electron chi connectivity index (χ1n) is 8.80. The fourth-order valence-corrected chi connectivity index (χ4v) is 4.42. The number of piperidine rings is 1. The molecule has 0 atom stereocenters. The number of hydrogen-bond donors (Lipinski definition) is 1. The topological polar surface area (TPSA) is 78.4 Å². The zero-order chi connectivity index (χ0) is 18.6. The van der Waals surface area contributed by atoms with Gasteiger partial charge in [-0.3, -0.25) is 0 Å². The Kier molecular flexibility index (Phi) is 5.73. The maximum Gasteiger partial charge on any atom is 0.243 e. The zero-order valence-corrected chi connectivity index (χ0v) is 16.0. The molecule has 1 aliphatic heterocycles. The number of rotatable bonds is 6. The second kappa shape index (κ2) is 8.01. The zero-order valence-electron chi connectivity index (χ0n) is 15.2. The van der Waals surface area contributed by atoms with Crippen molar-refractivity contribution in [2.75, 3.05) is 37.4 Å². The van der Waals surface area contributed by atoms with E-state index in [9.17, 15) is 8.42 Å². The van der Waals surface area contributed by atoms with Crippen LogP contribution in [0.2, 0.25) is 0 Å². The van der Waals surface area contributed by atoms with Crippen LogP contribution in [-0.4, -0.2) is 49.9 Å². The highest BCUT2D eigenvalue weighted by molar-refractivity contribution is 7.89. The Labute approximate surface area is 155 Å². The second-order valence-corrected chi connectivity index (χ2v) is 8.53. The Bertz CT molecular complexity index is 831. The van der Waals surface area contributed by atoms with E-state index in [-0.39, 0.29) is 0 Å². The van der Waals surface area contributed by atoms with E-state index in [0.29, 0.717) is 30.5 Å². The van der Waals surface area contributed by atoms with Crippen molar-refractivity contribution in [1.82, 2.24) is 14.3 Å². The van der Waals surface area contributed by atoms with Crippen LogP contribution in [0.4, 0.5) is 11.8 Å². The molecule has 1 aromatic heterocycles. The standard InChI is InChI=1S/C18H25N5O2S/c1-22(2)17-10-11-19-18(21-17)20-14-15-6-8-16(9-7-15)26(24,25)23-12-4-3-5-13-23/h6-11H,3-5,12-14H2,1-2H3,(H,19,20,21). The van der Waals surface area contributed by atoms with E-state index in [4.69, 9.17) is 0 Å². The van der Waals surface area contributed by atoms with Gasteiger partial charge in [0.25, 0.3) is 0 Å². The first-order chi connectivity index (χ1) is 12.5. The number of anilines is 2. The summed E-state index contributed by atoms with van der Waals surface area (Å²) in [5.41, 5.74) is 0.974. The van der Waals surface area contributed by atoms with E-state index >= 15 is 0 Å². The predicted octanol–water partition coefficient (Wildman–Crippen LogP) is 2.33. The van der Waals surface area contributed by atoms with Crippen molar-refractivity contribution in [3.8, 4) is 0 Å². The summed E-state index contributed by atoms with van der Waals surface area (Å²) in [7, 11) is 0.470. The third-order valence-electron chi connectivity index (χ3n) is 4.43. The summed E-state index contributed by atoms with van der Waals surface area (Å²) in [4.78, 5) is 10.9. The van der Waals surface area contributed by atoms with E-state index in [1.165, 1.54) is 0 Å². The molecule has 0 aliphatic carbocycles. The van der Waals surface area contributed by atoms with E-state index in [2.05, 4.69) is 15.3 Å². The lowest BCUT2D eigenvalue weighted by Crippen LogP contribution is -2.35. The van der Waals surface area contributed by atoms with E-state index in [1.807, 2.05) is 37.2 Å². The molecule has 3 rings (SSSR count). The highest BCUT2D eigenvalue weighted by Gasteiger charge is 2.25. The lowest BCUT2D eigenvalue weighted by atomic mass is 10.2. The van der Waals surface area contributed by atoms with Gasteiger partial charge >= 0.3 is 0 Å². The summed E-state index contributed by atoms with van der Waals surface area (Å²) >= 11 is 0. The summed E-state index contributed by atoms with van der Waals surface area (Å²) in [5.74, 6) is 1.37. The van der Waals surface area contributed by atoms with Gasteiger partial charge in [0.05, 0.1) is 4.90 Å². The molecule has 7 nitrogen and oxygen atoms in total. The first kappa shape index (κ1) is 18.6. The van der Waals surface area contributed by atoms with E-state index < -0.39 is 10.0 Å². The van der Waals surface area contributed by atoms with Crippen LogP contribution >= 0.6 is 0 Å². The number of nitrogens with zero attached hydrogens (tertiary/aromatic N) is 4. The minimum atomic E-state index is -3.38. The Hall–Kier alpha value is -2.19. The minimum Gasteiger partial charge on any atom is -0.363 e. The van der Waals surface area contributed by atoms with Crippen LogP contribution in [0.1, 0.15) is 24.8 Å². The van der Waals surface area contributed by atoms with Gasteiger partial charge < -0.3 is 10.2 Å². The summed E-state index contributed by atoms with van der Waals surface area (Å²) in [6.07, 6.45) is 4.69. The van der Waals surface area contributed by atoms with Gasteiger partial charge in [0, 0.05) is 39.9 Å². The molecule has 0 amide bonds. The maximum absolute atomic E-state index is 12.7. The van der Waals surface area contributed by atoms with Gasteiger partial charge in [0.2, 0.25) is 16.0 Å². The number of sulfonamides is 1. The Morgan fingerprint density at radius 2 is 1.77 bits per heavy atom. The van der Waals surface area contributed by atoms with Crippen molar-refractivity contribution < 1.29 is 8.42 Å². The molecule has 1 saturated heterocycles. The van der Waals surface area contributed by atoms with Gasteiger partial charge in [-0.1, -0.05) is 18.6 Å². The third kappa shape index (κ3) is 4.31. The van der Waals surface area contributed by atoms with Crippen molar-refractivity contribution >= 4 is 21.8 Å². The summed E-state index contributed by atoms with van der Waals surface area (Å²) in [6.45, 7) is 1.76. The number of benzene rings is 1. The van der Waals surface area contributed by atoms with Crippen molar-refractivity contribution in [2.45, 2.75) is 30.7 Å². The van der Waals surface area contributed by atoms with Crippen LogP contribution in [0.3, 0.4) is 0 Å². The molecule has 1 aromatic carbocycles. The van der Waals surface area contributed by atoms with Crippen molar-refractivity contribution in [1.29, 1.82) is 0 Å². The van der Waals surface area contributed by atoms with Crippen molar-refractivity contribution in [3.63, 3.8) is 0 Å². The molecule has 1 aliphatic rings. The highest BCUT2D eigenvalue weighted by Crippen LogP contribution is 2.21. The average molecular weight is 375 g/mol. The van der Waals surface area contributed by atoms with Crippen LogP contribution in [0, 0.1) is 0 Å². The van der Waals surface area contributed by atoms with Gasteiger partial charge in [-0.15, -0.1) is 0 Å². The minimum absolute atomic E-state index is 0.356. The third-order valence-corrected chi connectivity index (χ3v) is 6.34. The SMILES string of the molecule is CN(C)c1ccnc(NCc2ccc(S(=O)(=O)N3CCCCC3)cc2)n1. The molecule has 0 spiro atoms. The number of hydrogen-bond acceptors (Lipinski definition) is 6. The quantitative estimate of drug-likeness (QED) is 0.835. The molecule has 2 heterocycles. The smallest absolute Gasteiger partial charge is 0.243 e. The summed E-state index contributed by atoms with van der Waals surface area (Å²) in [5, 5.41) is 3.17. The van der Waals surface area contributed by atoms with Gasteiger partial charge in [0.15, 0.2) is 0 Å². The Balaban J connectivity index is 1.65. The molecule has 0 saturated carbocycles. The molecule has 8 heteroatoms. The molecule has 0 bridgehead atoms. The van der Waals surface area contributed by atoms with Crippen LogP contribution < -0.4 is 10.2 Å². The van der Waals surface area contributed by atoms with Crippen LogP contribution in [0.15, 0.2) is 41.4 Å². The molecule has 140 valence electrons. The fraction of sp³-hybridized carbons (Fsp3) is 0.444. The normalized spacial score (nSPS) is 15.6. The van der Waals surface area contributed by atoms with Crippen LogP contribution in [0.25, 0.3) is 0 Å². The number of aromatic nitrogens is 2. The van der Waals surface area contributed by atoms with Gasteiger partial charge in [-0.05, 0) is 36.6 Å². The van der Waals surface area contributed by atoms with E-state index in [1.54, 1.807) is 22.6 Å². The summed E-state index contributed by atoms with van der Waals surface area (Å²) < 4.78 is 26.9. The van der Waals surface area contributed by atoms with Crippen molar-refractivity contribution in [2.24, 2.45) is 0 Å². The molecule has 1 N–H and O–H groups in total. The molecule has 26 heavy (non-hydrogen) atoms. The van der Waals surface area contributed by atoms with E-state index in [0.717, 1.165) is 30.6 Å². The predicted molar refractivity (Wildman–Crippen MR) is 103 cm³/mol. The van der Waals surface area contributed by atoms with Gasteiger partial charge in [-0.2, -0.15) is 9.29 Å². The average Bonchev–Trinajstić information content (AvgIpc) is 2.67. The molecular weight excluding hydrogens is 350 g/mol. The lowest BCUT2D eigenvalue weighted by Gasteiger charge is -2.25. The molecule has 2 aromatic rings. The fourth-order valence-electron chi connectivity index (χ4n) is 2.90. The highest BCUT2D eigenvalue weighted by atomic mass is 32.2. The van der Waals surface area contributed by atoms with Gasteiger partial charge in [-0.25, -0.2) is 13.4 Å². The molecule has 1 fully saturated rings. The molecular formula is C18H25N5O2S. The van der Waals surface area contributed by atoms with Crippen LogP contribution in [-0.2, 0) is 16.6 Å². The monoisotopic (exact) mass is 375 g/mol. The van der Waals surface area contributed by atoms with Crippen molar-refractivity contribution in [3.05, 3.63) is 42.1 Å². The largest absolute Gasteiger partial charge is 0.363 e.